The number of carbonyl (C=O) groups excluding carboxylic acids is 1. The highest BCUT2D eigenvalue weighted by Gasteiger charge is 2.37. The Hall–Kier alpha value is -0.175. The van der Waals surface area contributed by atoms with Crippen molar-refractivity contribution in [3.8, 4) is 0 Å². The molecule has 0 aromatic heterocycles. The molecule has 0 heterocycles. The highest BCUT2D eigenvalue weighted by molar-refractivity contribution is 7.77. The normalized spacial score (nSPS) is 30.5. The van der Waals surface area contributed by atoms with Crippen LogP contribution in [0, 0.1) is 0 Å². The number of rotatable bonds is 3. The molecule has 2 radical (unpaired) electrons. The number of hydrogen-bond acceptors (Lipinski definition) is 3. The highest BCUT2D eigenvalue weighted by atomic mass is 31.1. The van der Waals surface area contributed by atoms with Crippen LogP contribution in [0.2, 0.25) is 0 Å². The molecular weight excluding hydrogens is 258 g/mol. The maximum absolute atomic E-state index is 12.3. The fourth-order valence-electron chi connectivity index (χ4n) is 3.14. The van der Waals surface area contributed by atoms with Crippen molar-refractivity contribution in [1.82, 2.24) is 0 Å². The lowest BCUT2D eigenvalue weighted by Crippen LogP contribution is -2.40. The average molecular weight is 280 g/mol. The van der Waals surface area contributed by atoms with Crippen molar-refractivity contribution in [1.29, 1.82) is 0 Å². The van der Waals surface area contributed by atoms with Crippen molar-refractivity contribution in [2.24, 2.45) is 0 Å². The first-order valence-electron chi connectivity index (χ1n) is 7.06. The summed E-state index contributed by atoms with van der Waals surface area (Å²) in [5.74, 6) is 0.251. The molecule has 0 aromatic carbocycles. The van der Waals surface area contributed by atoms with Crippen LogP contribution in [0.1, 0.15) is 44.9 Å². The zero-order valence-electron chi connectivity index (χ0n) is 11.9. The van der Waals surface area contributed by atoms with Crippen molar-refractivity contribution in [2.75, 3.05) is 13.8 Å². The lowest BCUT2D eigenvalue weighted by Gasteiger charge is -2.35. The molecule has 3 atom stereocenters. The fraction of sp³-hybridized carbons (Fsp3) is 0.786. The van der Waals surface area contributed by atoms with Crippen molar-refractivity contribution in [3.63, 3.8) is 0 Å². The number of ether oxygens (including phenoxy) is 1. The molecule has 2 aliphatic carbocycles. The van der Waals surface area contributed by atoms with E-state index in [0.717, 1.165) is 24.8 Å². The van der Waals surface area contributed by atoms with Crippen LogP contribution in [-0.4, -0.2) is 39.3 Å². The Kier molecular flexibility index (Phi) is 5.62. The number of methoxy groups -OCH3 is 1. The van der Waals surface area contributed by atoms with E-state index in [9.17, 15) is 4.79 Å². The second-order valence-corrected chi connectivity index (χ2v) is 6.69. The molecule has 5 heteroatoms. The van der Waals surface area contributed by atoms with Gasteiger partial charge in [-0.1, -0.05) is 12.0 Å². The summed E-state index contributed by atoms with van der Waals surface area (Å²) in [6.07, 6.45) is 6.72. The van der Waals surface area contributed by atoms with Gasteiger partial charge < -0.3 is 9.26 Å². The van der Waals surface area contributed by atoms with Gasteiger partial charge >= 0.3 is 0 Å². The van der Waals surface area contributed by atoms with Gasteiger partial charge in [0.2, 0.25) is 0 Å². The van der Waals surface area contributed by atoms with Crippen LogP contribution in [0.4, 0.5) is 0 Å². The lowest BCUT2D eigenvalue weighted by molar-refractivity contribution is -0.121. The molecule has 3 nitrogen and oxygen atoms in total. The minimum Gasteiger partial charge on any atom is -0.374 e. The third-order valence-electron chi connectivity index (χ3n) is 3.97. The average Bonchev–Trinajstić information content (AvgIpc) is 2.40. The molecule has 104 valence electrons. The maximum Gasteiger partial charge on any atom is 0.161 e. The highest BCUT2D eigenvalue weighted by Crippen LogP contribution is 2.38. The minimum atomic E-state index is -0.920. The van der Waals surface area contributed by atoms with E-state index in [0.29, 0.717) is 6.42 Å². The van der Waals surface area contributed by atoms with Crippen molar-refractivity contribution >= 4 is 21.4 Å². The summed E-state index contributed by atoms with van der Waals surface area (Å²) in [6, 6.07) is 0. The van der Waals surface area contributed by atoms with Crippen LogP contribution < -0.4 is 0 Å². The molecule has 2 saturated carbocycles. The van der Waals surface area contributed by atoms with E-state index in [1.54, 1.807) is 7.11 Å². The Morgan fingerprint density at radius 3 is 2.47 bits per heavy atom. The number of hydrogen-bond donors (Lipinski definition) is 0. The Balaban J connectivity index is 2.24. The second-order valence-electron chi connectivity index (χ2n) is 5.39. The fourth-order valence-corrected chi connectivity index (χ4v) is 3.78. The van der Waals surface area contributed by atoms with Gasteiger partial charge in [0.05, 0.1) is 6.10 Å². The Morgan fingerprint density at radius 2 is 1.89 bits per heavy atom. The molecule has 0 aromatic rings. The molecular formula is C14H22BO3P. The van der Waals surface area contributed by atoms with Crippen molar-refractivity contribution < 1.29 is 14.1 Å². The van der Waals surface area contributed by atoms with Gasteiger partial charge in [0, 0.05) is 19.1 Å². The molecule has 0 spiro atoms. The minimum absolute atomic E-state index is 0.0618. The lowest BCUT2D eigenvalue weighted by atomic mass is 9.81. The largest absolute Gasteiger partial charge is 0.374 e. The first-order chi connectivity index (χ1) is 9.13. The van der Waals surface area contributed by atoms with Crippen LogP contribution >= 0.6 is 8.03 Å². The first-order valence-corrected chi connectivity index (χ1v) is 8.84. The molecule has 0 aliphatic heterocycles. The standard InChI is InChI=1S/C14H22BO3P/c1-17-14-12(18-19(2)15)9-8-11(16)13(14)10-6-4-3-5-7-10/h12,14H,3-9H2,1-2H3/t12-,14-,19?/m1/s1. The summed E-state index contributed by atoms with van der Waals surface area (Å²) in [5, 5.41) is 0. The van der Waals surface area contributed by atoms with E-state index in [4.69, 9.17) is 16.8 Å². The van der Waals surface area contributed by atoms with Crippen LogP contribution in [-0.2, 0) is 14.1 Å². The third kappa shape index (κ3) is 3.68. The SMILES string of the molecule is [B]P(C)O[C@@H]1CCC(=O)C(=C2CCCCC2)[C@@H]1OC. The Morgan fingerprint density at radius 1 is 1.21 bits per heavy atom. The Labute approximate surface area is 118 Å². The molecule has 0 bridgehead atoms. The molecule has 2 rings (SSSR count). The molecule has 1 unspecified atom stereocenters. The molecule has 2 aliphatic rings. The van der Waals surface area contributed by atoms with Crippen LogP contribution in [0.3, 0.4) is 0 Å². The maximum atomic E-state index is 12.3. The molecule has 19 heavy (non-hydrogen) atoms. The molecule has 0 amide bonds. The second kappa shape index (κ2) is 7.01. The van der Waals surface area contributed by atoms with Crippen molar-refractivity contribution in [2.45, 2.75) is 57.2 Å². The summed E-state index contributed by atoms with van der Waals surface area (Å²) in [7, 11) is 6.53. The van der Waals surface area contributed by atoms with E-state index in [-0.39, 0.29) is 18.0 Å². The van der Waals surface area contributed by atoms with Gasteiger partial charge in [-0.3, -0.25) is 4.79 Å². The number of ketones is 1. The predicted octanol–water partition coefficient (Wildman–Crippen LogP) is 3.12. The first kappa shape index (κ1) is 15.2. The third-order valence-corrected chi connectivity index (χ3v) is 4.58. The van der Waals surface area contributed by atoms with E-state index >= 15 is 0 Å². The Bertz CT molecular complexity index is 360. The number of Topliss-reactive ketones (excluding diaryl/α,β-unsaturated/α-hetero) is 1. The van der Waals surface area contributed by atoms with Crippen LogP contribution in [0.15, 0.2) is 11.1 Å². The zero-order valence-corrected chi connectivity index (χ0v) is 12.7. The van der Waals surface area contributed by atoms with Gasteiger partial charge in [0.25, 0.3) is 0 Å². The van der Waals surface area contributed by atoms with Crippen LogP contribution in [0.5, 0.6) is 0 Å². The summed E-state index contributed by atoms with van der Waals surface area (Å²) in [6.45, 7) is 1.88. The predicted molar refractivity (Wildman–Crippen MR) is 78.6 cm³/mol. The smallest absolute Gasteiger partial charge is 0.161 e. The van der Waals surface area contributed by atoms with Gasteiger partial charge in [0.1, 0.15) is 13.7 Å². The topological polar surface area (TPSA) is 35.5 Å². The summed E-state index contributed by atoms with van der Waals surface area (Å²) in [4.78, 5) is 12.3. The molecule has 2 fully saturated rings. The molecule has 0 N–H and O–H groups in total. The number of allylic oxidation sites excluding steroid dienone is 1. The van der Waals surface area contributed by atoms with E-state index in [1.165, 1.54) is 24.8 Å². The van der Waals surface area contributed by atoms with Crippen LogP contribution in [0.25, 0.3) is 0 Å². The van der Waals surface area contributed by atoms with Gasteiger partial charge in [-0.05, 0) is 46.8 Å². The van der Waals surface area contributed by atoms with E-state index in [2.05, 4.69) is 0 Å². The van der Waals surface area contributed by atoms with Gasteiger partial charge in [-0.2, -0.15) is 0 Å². The van der Waals surface area contributed by atoms with E-state index in [1.807, 2.05) is 6.66 Å². The zero-order chi connectivity index (χ0) is 13.8. The van der Waals surface area contributed by atoms with Crippen molar-refractivity contribution in [3.05, 3.63) is 11.1 Å². The van der Waals surface area contributed by atoms with Gasteiger partial charge in [-0.25, -0.2) is 0 Å². The summed E-state index contributed by atoms with van der Waals surface area (Å²) in [5.41, 5.74) is 2.20. The van der Waals surface area contributed by atoms with Gasteiger partial charge in [-0.15, -0.1) is 0 Å². The monoisotopic (exact) mass is 280 g/mol. The number of carbonyl (C=O) groups is 1. The summed E-state index contributed by atoms with van der Waals surface area (Å²) >= 11 is 0. The molecule has 0 saturated heterocycles. The van der Waals surface area contributed by atoms with E-state index < -0.39 is 8.03 Å². The summed E-state index contributed by atoms with van der Waals surface area (Å²) < 4.78 is 11.4. The van der Waals surface area contributed by atoms with Gasteiger partial charge in [0.15, 0.2) is 5.78 Å². The quantitative estimate of drug-likeness (QED) is 0.452.